The Morgan fingerprint density at radius 2 is 1.85 bits per heavy atom. The van der Waals surface area contributed by atoms with E-state index < -0.39 is 10.4 Å². The lowest BCUT2D eigenvalue weighted by atomic mass is 10.0. The molecule has 0 aromatic rings. The highest BCUT2D eigenvalue weighted by molar-refractivity contribution is 7.82. The molecule has 5 heteroatoms. The molecule has 1 fully saturated rings. The maximum atomic E-state index is 11.4. The standard InChI is InChI=1S/C8H14N2O2S/c1-7(2,3)10-6(12)9-5(11)8(10,4)13/h13H,1-4H3,(H,9,11,12). The normalized spacial score (nSPS) is 29.5. The van der Waals surface area contributed by atoms with Crippen LogP contribution in [-0.2, 0) is 4.79 Å². The Morgan fingerprint density at radius 3 is 2.00 bits per heavy atom. The number of carbonyl (C=O) groups excluding carboxylic acids is 2. The fraction of sp³-hybridized carbons (Fsp3) is 0.750. The van der Waals surface area contributed by atoms with Gasteiger partial charge in [-0.25, -0.2) is 4.79 Å². The van der Waals surface area contributed by atoms with E-state index in [1.54, 1.807) is 6.92 Å². The monoisotopic (exact) mass is 202 g/mol. The molecule has 3 amide bonds. The Labute approximate surface area is 83.1 Å². The van der Waals surface area contributed by atoms with Crippen molar-refractivity contribution in [3.8, 4) is 0 Å². The van der Waals surface area contributed by atoms with Crippen LogP contribution in [0.1, 0.15) is 27.7 Å². The molecule has 74 valence electrons. The molecule has 1 atom stereocenters. The zero-order valence-corrected chi connectivity index (χ0v) is 9.11. The average Bonchev–Trinajstić information content (AvgIpc) is 1.99. The Morgan fingerprint density at radius 1 is 1.38 bits per heavy atom. The highest BCUT2D eigenvalue weighted by Gasteiger charge is 2.51. The van der Waals surface area contributed by atoms with Crippen LogP contribution in [0.25, 0.3) is 0 Å². The summed E-state index contributed by atoms with van der Waals surface area (Å²) in [4.78, 5) is 23.1. The topological polar surface area (TPSA) is 49.4 Å². The van der Waals surface area contributed by atoms with E-state index in [4.69, 9.17) is 0 Å². The molecule has 1 aliphatic rings. The van der Waals surface area contributed by atoms with Crippen LogP contribution in [-0.4, -0.2) is 27.2 Å². The largest absolute Gasteiger partial charge is 0.326 e. The second-order valence-electron chi connectivity index (χ2n) is 4.29. The average molecular weight is 202 g/mol. The van der Waals surface area contributed by atoms with Gasteiger partial charge in [-0.05, 0) is 27.7 Å². The van der Waals surface area contributed by atoms with Gasteiger partial charge in [0.05, 0.1) is 0 Å². The van der Waals surface area contributed by atoms with Crippen LogP contribution < -0.4 is 5.32 Å². The molecule has 1 unspecified atom stereocenters. The summed E-state index contributed by atoms with van der Waals surface area (Å²) >= 11 is 4.18. The van der Waals surface area contributed by atoms with E-state index in [0.717, 1.165) is 0 Å². The van der Waals surface area contributed by atoms with Gasteiger partial charge < -0.3 is 0 Å². The lowest BCUT2D eigenvalue weighted by molar-refractivity contribution is -0.123. The minimum atomic E-state index is -1.05. The van der Waals surface area contributed by atoms with Crippen molar-refractivity contribution in [1.29, 1.82) is 0 Å². The second kappa shape index (κ2) is 2.64. The first-order valence-electron chi connectivity index (χ1n) is 4.05. The Hall–Kier alpha value is -0.710. The Balaban J connectivity index is 3.10. The first kappa shape index (κ1) is 10.4. The van der Waals surface area contributed by atoms with Gasteiger partial charge in [0.1, 0.15) is 0 Å². The highest BCUT2D eigenvalue weighted by Crippen LogP contribution is 2.32. The lowest BCUT2D eigenvalue weighted by Crippen LogP contribution is -2.52. The molecule has 0 aromatic carbocycles. The number of imide groups is 1. The van der Waals surface area contributed by atoms with Crippen LogP contribution in [0.2, 0.25) is 0 Å². The van der Waals surface area contributed by atoms with Crippen LogP contribution in [0.15, 0.2) is 0 Å². The molecule has 0 spiro atoms. The fourth-order valence-corrected chi connectivity index (χ4v) is 1.98. The third-order valence-corrected chi connectivity index (χ3v) is 2.36. The SMILES string of the molecule is CC(C)(C)N1C(=O)NC(=O)C1(C)S. The van der Waals surface area contributed by atoms with Gasteiger partial charge in [0.15, 0.2) is 4.87 Å². The van der Waals surface area contributed by atoms with E-state index in [-0.39, 0.29) is 11.9 Å². The number of nitrogens with one attached hydrogen (secondary N) is 1. The number of thiol groups is 1. The summed E-state index contributed by atoms with van der Waals surface area (Å²) in [6.07, 6.45) is 0. The van der Waals surface area contributed by atoms with E-state index in [2.05, 4.69) is 17.9 Å². The number of rotatable bonds is 0. The van der Waals surface area contributed by atoms with Crippen molar-refractivity contribution in [1.82, 2.24) is 10.2 Å². The number of hydrogen-bond donors (Lipinski definition) is 2. The van der Waals surface area contributed by atoms with Crippen molar-refractivity contribution in [3.05, 3.63) is 0 Å². The molecule has 1 saturated heterocycles. The molecule has 1 rings (SSSR count). The number of amides is 3. The summed E-state index contributed by atoms with van der Waals surface area (Å²) in [5.74, 6) is -0.365. The molecule has 1 aliphatic heterocycles. The quantitative estimate of drug-likeness (QED) is 0.454. The van der Waals surface area contributed by atoms with Crippen molar-refractivity contribution < 1.29 is 9.59 Å². The molecule has 0 aliphatic carbocycles. The van der Waals surface area contributed by atoms with Crippen molar-refractivity contribution in [2.24, 2.45) is 0 Å². The van der Waals surface area contributed by atoms with Crippen LogP contribution in [0.4, 0.5) is 4.79 Å². The minimum absolute atomic E-state index is 0.365. The van der Waals surface area contributed by atoms with Crippen molar-refractivity contribution in [3.63, 3.8) is 0 Å². The van der Waals surface area contributed by atoms with E-state index in [1.165, 1.54) is 4.90 Å². The van der Waals surface area contributed by atoms with Gasteiger partial charge in [-0.15, -0.1) is 12.6 Å². The van der Waals surface area contributed by atoms with E-state index in [0.29, 0.717) is 0 Å². The number of carbonyl (C=O) groups is 2. The summed E-state index contributed by atoms with van der Waals surface area (Å²) in [6.45, 7) is 7.19. The smallest absolute Gasteiger partial charge is 0.296 e. The first-order valence-corrected chi connectivity index (χ1v) is 4.50. The summed E-state index contributed by atoms with van der Waals surface area (Å²) in [6, 6.07) is -0.380. The molecule has 0 bridgehead atoms. The van der Waals surface area contributed by atoms with Crippen molar-refractivity contribution in [2.45, 2.75) is 38.1 Å². The van der Waals surface area contributed by atoms with Crippen LogP contribution in [0.3, 0.4) is 0 Å². The van der Waals surface area contributed by atoms with Gasteiger partial charge in [-0.2, -0.15) is 0 Å². The zero-order valence-electron chi connectivity index (χ0n) is 8.21. The highest BCUT2D eigenvalue weighted by atomic mass is 32.1. The third-order valence-electron chi connectivity index (χ3n) is 1.96. The number of hydrogen-bond acceptors (Lipinski definition) is 3. The van der Waals surface area contributed by atoms with E-state index >= 15 is 0 Å². The molecule has 0 radical (unpaired) electrons. The molecule has 1 N–H and O–H groups in total. The van der Waals surface area contributed by atoms with Gasteiger partial charge in [0.2, 0.25) is 0 Å². The van der Waals surface area contributed by atoms with Gasteiger partial charge in [-0.3, -0.25) is 15.0 Å². The predicted octanol–water partition coefficient (Wildman–Crippen LogP) is 0.983. The maximum absolute atomic E-state index is 11.4. The first-order chi connectivity index (χ1) is 5.67. The minimum Gasteiger partial charge on any atom is -0.296 e. The molecule has 1 heterocycles. The summed E-state index contributed by atoms with van der Waals surface area (Å²) < 4.78 is 0. The second-order valence-corrected chi connectivity index (χ2v) is 5.16. The van der Waals surface area contributed by atoms with E-state index in [1.807, 2.05) is 20.8 Å². The summed E-state index contributed by atoms with van der Waals surface area (Å²) in [5, 5.41) is 2.24. The Kier molecular flexibility index (Phi) is 2.10. The summed E-state index contributed by atoms with van der Waals surface area (Å²) in [5.41, 5.74) is -0.410. The van der Waals surface area contributed by atoms with Crippen LogP contribution >= 0.6 is 12.6 Å². The van der Waals surface area contributed by atoms with Gasteiger partial charge in [0, 0.05) is 5.54 Å². The maximum Gasteiger partial charge on any atom is 0.326 e. The van der Waals surface area contributed by atoms with Gasteiger partial charge >= 0.3 is 6.03 Å². The Bertz CT molecular complexity index is 268. The molecular weight excluding hydrogens is 188 g/mol. The van der Waals surface area contributed by atoms with Crippen LogP contribution in [0.5, 0.6) is 0 Å². The third kappa shape index (κ3) is 1.52. The number of nitrogens with zero attached hydrogens (tertiary/aromatic N) is 1. The predicted molar refractivity (Wildman–Crippen MR) is 52.5 cm³/mol. The number of urea groups is 1. The molecular formula is C8H14N2O2S. The van der Waals surface area contributed by atoms with Gasteiger partial charge in [0.25, 0.3) is 5.91 Å². The van der Waals surface area contributed by atoms with Crippen LogP contribution in [0, 0.1) is 0 Å². The molecule has 0 aromatic heterocycles. The lowest BCUT2D eigenvalue weighted by Gasteiger charge is -2.38. The van der Waals surface area contributed by atoms with E-state index in [9.17, 15) is 9.59 Å². The summed E-state index contributed by atoms with van der Waals surface area (Å²) in [7, 11) is 0. The van der Waals surface area contributed by atoms with Crippen molar-refractivity contribution >= 4 is 24.6 Å². The zero-order chi connectivity index (χ0) is 10.4. The molecule has 13 heavy (non-hydrogen) atoms. The molecule has 0 saturated carbocycles. The van der Waals surface area contributed by atoms with Gasteiger partial charge in [-0.1, -0.05) is 0 Å². The molecule has 4 nitrogen and oxygen atoms in total. The van der Waals surface area contributed by atoms with Crippen molar-refractivity contribution in [2.75, 3.05) is 0 Å². The fourth-order valence-electron chi connectivity index (χ4n) is 1.53.